The van der Waals surface area contributed by atoms with Gasteiger partial charge >= 0.3 is 0 Å². The zero-order chi connectivity index (χ0) is 23.5. The molecule has 2 aliphatic rings. The molecule has 3 nitrogen and oxygen atoms in total. The summed E-state index contributed by atoms with van der Waals surface area (Å²) in [4.78, 5) is 16.1. The summed E-state index contributed by atoms with van der Waals surface area (Å²) in [5, 5.41) is 12.1. The highest BCUT2D eigenvalue weighted by Crippen LogP contribution is 2.45. The Hall–Kier alpha value is -0.810. The number of likely N-dealkylation sites (tertiary alicyclic amines) is 1. The van der Waals surface area contributed by atoms with Crippen molar-refractivity contribution in [3.8, 4) is 5.75 Å². The number of hydrogen-bond acceptors (Lipinski definition) is 4. The third-order valence-electron chi connectivity index (χ3n) is 6.76. The van der Waals surface area contributed by atoms with Gasteiger partial charge in [-0.05, 0) is 55.1 Å². The Kier molecular flexibility index (Phi) is 8.57. The molecule has 5 heteroatoms. The third-order valence-corrected chi connectivity index (χ3v) is 9.71. The first kappa shape index (κ1) is 25.8. The smallest absolute Gasteiger partial charge is 0.232 e. The van der Waals surface area contributed by atoms with E-state index in [4.69, 9.17) is 0 Å². The van der Waals surface area contributed by atoms with Gasteiger partial charge < -0.3 is 10.0 Å². The van der Waals surface area contributed by atoms with Gasteiger partial charge in [0.25, 0.3) is 0 Å². The summed E-state index contributed by atoms with van der Waals surface area (Å²) >= 11 is 3.86. The molecule has 2 atom stereocenters. The molecule has 0 aromatic heterocycles. The quantitative estimate of drug-likeness (QED) is 0.489. The summed E-state index contributed by atoms with van der Waals surface area (Å²) in [5.74, 6) is 1.41. The van der Waals surface area contributed by atoms with E-state index < -0.39 is 0 Å². The number of hydrogen-bond donors (Lipinski definition) is 1. The van der Waals surface area contributed by atoms with E-state index in [0.717, 1.165) is 37.1 Å². The molecule has 1 amide bonds. The van der Waals surface area contributed by atoms with Crippen LogP contribution in [0.2, 0.25) is 0 Å². The van der Waals surface area contributed by atoms with Crippen LogP contribution in [0.1, 0.15) is 97.6 Å². The molecule has 1 saturated carbocycles. The molecule has 1 aromatic rings. The highest BCUT2D eigenvalue weighted by molar-refractivity contribution is 8.04. The molecular weight excluding hydrogens is 434 g/mol. The van der Waals surface area contributed by atoms with Crippen LogP contribution in [0.5, 0.6) is 5.75 Å². The molecule has 0 bridgehead atoms. The molecule has 2 fully saturated rings. The molecule has 0 radical (unpaired) electrons. The van der Waals surface area contributed by atoms with Crippen LogP contribution in [0.25, 0.3) is 0 Å². The summed E-state index contributed by atoms with van der Waals surface area (Å²) in [5.41, 5.74) is 1.85. The molecule has 1 aromatic carbocycles. The average Bonchev–Trinajstić information content (AvgIpc) is 2.73. The fourth-order valence-corrected chi connectivity index (χ4v) is 7.71. The van der Waals surface area contributed by atoms with E-state index in [1.807, 2.05) is 23.5 Å². The van der Waals surface area contributed by atoms with Crippen molar-refractivity contribution in [3.63, 3.8) is 0 Å². The van der Waals surface area contributed by atoms with Crippen molar-refractivity contribution in [2.24, 2.45) is 0 Å². The minimum absolute atomic E-state index is 0.109. The Labute approximate surface area is 204 Å². The van der Waals surface area contributed by atoms with Gasteiger partial charge in [0, 0.05) is 39.6 Å². The number of amides is 1. The van der Waals surface area contributed by atoms with Crippen LogP contribution in [0.15, 0.2) is 17.0 Å². The Morgan fingerprint density at radius 1 is 0.906 bits per heavy atom. The zero-order valence-electron chi connectivity index (χ0n) is 21.0. The van der Waals surface area contributed by atoms with E-state index >= 15 is 0 Å². The molecule has 1 saturated heterocycles. The van der Waals surface area contributed by atoms with Crippen LogP contribution < -0.4 is 0 Å². The summed E-state index contributed by atoms with van der Waals surface area (Å²) in [6, 6.07) is 4.43. The Morgan fingerprint density at radius 3 is 1.97 bits per heavy atom. The standard InChI is InChI=1S/C27H43NO2S2/c1-26(2,3)20-16-19(17-21(25(20)30)27(4,5)6)32-23-13-9-8-12-22(23)31-18-24(29)28-14-10-7-11-15-28/h16-17,22-23,30H,7-15,18H2,1-6H3/t22-,23-/m0/s1. The first-order valence-electron chi connectivity index (χ1n) is 12.4. The third kappa shape index (κ3) is 6.62. The number of phenols is 1. The number of piperidine rings is 1. The number of benzene rings is 1. The Morgan fingerprint density at radius 2 is 1.44 bits per heavy atom. The van der Waals surface area contributed by atoms with E-state index in [2.05, 4.69) is 58.6 Å². The van der Waals surface area contributed by atoms with Crippen LogP contribution in [-0.2, 0) is 15.6 Å². The molecule has 1 aliphatic carbocycles. The van der Waals surface area contributed by atoms with Crippen LogP contribution in [0, 0.1) is 0 Å². The number of rotatable bonds is 5. The van der Waals surface area contributed by atoms with Crippen molar-refractivity contribution in [2.75, 3.05) is 18.8 Å². The lowest BCUT2D eigenvalue weighted by Gasteiger charge is -2.33. The van der Waals surface area contributed by atoms with Gasteiger partial charge in [-0.25, -0.2) is 0 Å². The fraction of sp³-hybridized carbons (Fsp3) is 0.741. The maximum Gasteiger partial charge on any atom is 0.232 e. The molecule has 1 heterocycles. The van der Waals surface area contributed by atoms with Gasteiger partial charge in [0.1, 0.15) is 5.75 Å². The summed E-state index contributed by atoms with van der Waals surface area (Å²) < 4.78 is 0. The van der Waals surface area contributed by atoms with Crippen LogP contribution >= 0.6 is 23.5 Å². The topological polar surface area (TPSA) is 40.5 Å². The fourth-order valence-electron chi connectivity index (χ4n) is 4.80. The molecule has 32 heavy (non-hydrogen) atoms. The maximum absolute atomic E-state index is 12.7. The van der Waals surface area contributed by atoms with Crippen molar-refractivity contribution < 1.29 is 9.90 Å². The van der Waals surface area contributed by atoms with Gasteiger partial charge in [-0.2, -0.15) is 0 Å². The lowest BCUT2D eigenvalue weighted by atomic mass is 9.79. The predicted octanol–water partition coefficient (Wildman–Crippen LogP) is 7.14. The van der Waals surface area contributed by atoms with Crippen molar-refractivity contribution in [3.05, 3.63) is 23.3 Å². The number of aromatic hydroxyl groups is 1. The van der Waals surface area contributed by atoms with Gasteiger partial charge in [-0.3, -0.25) is 4.79 Å². The second-order valence-electron chi connectivity index (χ2n) is 11.6. The number of thioether (sulfide) groups is 2. The average molecular weight is 478 g/mol. The minimum Gasteiger partial charge on any atom is -0.507 e. The molecule has 0 unspecified atom stereocenters. The van der Waals surface area contributed by atoms with Gasteiger partial charge in [-0.1, -0.05) is 54.4 Å². The molecular formula is C27H43NO2S2. The molecule has 3 rings (SSSR count). The van der Waals surface area contributed by atoms with Crippen molar-refractivity contribution in [1.82, 2.24) is 4.90 Å². The summed E-state index contributed by atoms with van der Waals surface area (Å²) in [6.45, 7) is 14.9. The van der Waals surface area contributed by atoms with Crippen LogP contribution in [0.4, 0.5) is 0 Å². The minimum atomic E-state index is -0.109. The maximum atomic E-state index is 12.7. The van der Waals surface area contributed by atoms with E-state index in [-0.39, 0.29) is 10.8 Å². The normalized spacial score (nSPS) is 22.8. The zero-order valence-corrected chi connectivity index (χ0v) is 22.6. The van der Waals surface area contributed by atoms with Gasteiger partial charge in [-0.15, -0.1) is 23.5 Å². The SMILES string of the molecule is CC(C)(C)c1cc(S[C@H]2CCCC[C@@H]2SCC(=O)N2CCCCC2)cc(C(C)(C)C)c1O. The van der Waals surface area contributed by atoms with Crippen molar-refractivity contribution in [2.45, 2.75) is 113 Å². The monoisotopic (exact) mass is 477 g/mol. The van der Waals surface area contributed by atoms with E-state index in [1.54, 1.807) is 0 Å². The molecule has 1 aliphatic heterocycles. The molecule has 0 spiro atoms. The molecule has 1 N–H and O–H groups in total. The van der Waals surface area contributed by atoms with Crippen molar-refractivity contribution >= 4 is 29.4 Å². The van der Waals surface area contributed by atoms with Crippen LogP contribution in [-0.4, -0.2) is 45.3 Å². The Bertz CT molecular complexity index is 753. The highest BCUT2D eigenvalue weighted by atomic mass is 32.2. The molecule has 180 valence electrons. The Balaban J connectivity index is 1.75. The lowest BCUT2D eigenvalue weighted by molar-refractivity contribution is -0.129. The summed E-state index contributed by atoms with van der Waals surface area (Å²) in [6.07, 6.45) is 8.52. The first-order chi connectivity index (χ1) is 15.0. The second-order valence-corrected chi connectivity index (χ2v) is 14.1. The summed E-state index contributed by atoms with van der Waals surface area (Å²) in [7, 11) is 0. The van der Waals surface area contributed by atoms with E-state index in [1.165, 1.54) is 37.0 Å². The number of nitrogens with zero attached hydrogens (tertiary/aromatic N) is 1. The predicted molar refractivity (Wildman–Crippen MR) is 140 cm³/mol. The largest absolute Gasteiger partial charge is 0.507 e. The van der Waals surface area contributed by atoms with Gasteiger partial charge in [0.2, 0.25) is 5.91 Å². The van der Waals surface area contributed by atoms with Gasteiger partial charge in [0.05, 0.1) is 5.75 Å². The second kappa shape index (κ2) is 10.6. The highest BCUT2D eigenvalue weighted by Gasteiger charge is 2.31. The van der Waals surface area contributed by atoms with Crippen molar-refractivity contribution in [1.29, 1.82) is 0 Å². The number of carbonyl (C=O) groups is 1. The number of carbonyl (C=O) groups excluding carboxylic acids is 1. The van der Waals surface area contributed by atoms with Crippen LogP contribution in [0.3, 0.4) is 0 Å². The lowest BCUT2D eigenvalue weighted by Crippen LogP contribution is -2.37. The number of phenolic OH excluding ortho intramolecular Hbond substituents is 1. The van der Waals surface area contributed by atoms with E-state index in [9.17, 15) is 9.90 Å². The first-order valence-corrected chi connectivity index (χ1v) is 14.3. The van der Waals surface area contributed by atoms with Gasteiger partial charge in [0.15, 0.2) is 0 Å². The van der Waals surface area contributed by atoms with E-state index in [0.29, 0.717) is 27.9 Å².